The zero-order valence-corrected chi connectivity index (χ0v) is 16.4. The Labute approximate surface area is 142 Å². The lowest BCUT2D eigenvalue weighted by Gasteiger charge is -2.38. The molecule has 0 amide bonds. The number of aromatic hydroxyl groups is 1. The molecule has 0 aliphatic carbocycles. The molecule has 0 heterocycles. The van der Waals surface area contributed by atoms with Gasteiger partial charge in [0.2, 0.25) is 9.04 Å². The summed E-state index contributed by atoms with van der Waals surface area (Å²) in [7, 11) is -1.34. The van der Waals surface area contributed by atoms with E-state index in [1.165, 1.54) is 0 Å². The van der Waals surface area contributed by atoms with Crippen LogP contribution < -0.4 is 4.43 Å². The minimum Gasteiger partial charge on any atom is -0.545 e. The fourth-order valence-corrected chi connectivity index (χ4v) is 6.45. The van der Waals surface area contributed by atoms with Crippen LogP contribution in [0.3, 0.4) is 0 Å². The third kappa shape index (κ3) is 7.38. The van der Waals surface area contributed by atoms with Crippen LogP contribution in [0.1, 0.15) is 41.5 Å². The van der Waals surface area contributed by atoms with Crippen LogP contribution in [0.25, 0.3) is 0 Å². The number of hydrogen-bond donors (Lipinski definition) is 1. The molecule has 23 heavy (non-hydrogen) atoms. The van der Waals surface area contributed by atoms with Crippen molar-refractivity contribution >= 4 is 9.04 Å². The first kappa shape index (κ1) is 19.3. The first-order chi connectivity index (χ1) is 10.6. The molecule has 1 N–H and O–H groups in total. The highest BCUT2D eigenvalue weighted by molar-refractivity contribution is 6.59. The van der Waals surface area contributed by atoms with E-state index < -0.39 is 9.04 Å². The first-order valence-corrected chi connectivity index (χ1v) is 9.69. The predicted molar refractivity (Wildman–Crippen MR) is 102 cm³/mol. The summed E-state index contributed by atoms with van der Waals surface area (Å²) in [6.45, 7) is 13.7. The number of phenols is 1. The largest absolute Gasteiger partial charge is 0.545 e. The highest BCUT2D eigenvalue weighted by atomic mass is 28.3. The van der Waals surface area contributed by atoms with Crippen LogP contribution >= 0.6 is 0 Å². The van der Waals surface area contributed by atoms with Gasteiger partial charge >= 0.3 is 0 Å². The number of benzene rings is 2. The Balaban J connectivity index is 0.000000313. The van der Waals surface area contributed by atoms with Crippen molar-refractivity contribution in [1.29, 1.82) is 0 Å². The Morgan fingerprint density at radius 2 is 1.09 bits per heavy atom. The van der Waals surface area contributed by atoms with E-state index in [0.29, 0.717) is 5.75 Å². The van der Waals surface area contributed by atoms with E-state index in [1.54, 1.807) is 24.3 Å². The van der Waals surface area contributed by atoms with Gasteiger partial charge in [-0.1, -0.05) is 77.9 Å². The molecule has 126 valence electrons. The summed E-state index contributed by atoms with van der Waals surface area (Å²) in [4.78, 5) is 0. The zero-order valence-electron chi connectivity index (χ0n) is 15.2. The van der Waals surface area contributed by atoms with Crippen LogP contribution in [-0.4, -0.2) is 14.1 Å². The van der Waals surface area contributed by atoms with Gasteiger partial charge in [-0.15, -0.1) is 0 Å². The van der Waals surface area contributed by atoms with Gasteiger partial charge < -0.3 is 9.53 Å². The van der Waals surface area contributed by atoms with Gasteiger partial charge in [-0.05, 0) is 34.3 Å². The molecule has 0 aliphatic heterocycles. The van der Waals surface area contributed by atoms with Gasteiger partial charge in [-0.3, -0.25) is 0 Å². The van der Waals surface area contributed by atoms with Gasteiger partial charge in [0.05, 0.1) is 0 Å². The van der Waals surface area contributed by atoms with Crippen LogP contribution in [0.15, 0.2) is 60.7 Å². The Bertz CT molecular complexity index is 540. The predicted octanol–water partition coefficient (Wildman–Crippen LogP) is 5.78. The van der Waals surface area contributed by atoms with Gasteiger partial charge in [-0.2, -0.15) is 0 Å². The van der Waals surface area contributed by atoms with Crippen molar-refractivity contribution in [3.05, 3.63) is 60.7 Å². The van der Waals surface area contributed by atoms with Gasteiger partial charge in [0.1, 0.15) is 11.5 Å². The lowest BCUT2D eigenvalue weighted by molar-refractivity contribution is 0.462. The maximum atomic E-state index is 8.63. The van der Waals surface area contributed by atoms with E-state index in [-0.39, 0.29) is 10.1 Å². The molecule has 3 heteroatoms. The van der Waals surface area contributed by atoms with Crippen LogP contribution in [0.2, 0.25) is 10.1 Å². The van der Waals surface area contributed by atoms with E-state index in [4.69, 9.17) is 9.53 Å². The molecule has 0 saturated carbocycles. The second kappa shape index (κ2) is 8.21. The maximum Gasteiger partial charge on any atom is 0.246 e. The fourth-order valence-electron chi connectivity index (χ4n) is 2.72. The summed E-state index contributed by atoms with van der Waals surface area (Å²) in [6.07, 6.45) is 0. The van der Waals surface area contributed by atoms with E-state index >= 15 is 0 Å². The highest BCUT2D eigenvalue weighted by Gasteiger charge is 2.39. The molecular weight excluding hydrogens is 300 g/mol. The standard InChI is InChI=1S/C14H24OSi.C6H6O/c1-13(2,3)16(14(4,5)6)15-12-10-8-7-9-11-12;7-6-4-2-1-3-5-6/h7-11,16H,1-6H3;1-5,7H. The summed E-state index contributed by atoms with van der Waals surface area (Å²) >= 11 is 0. The third-order valence-corrected chi connectivity index (χ3v) is 6.98. The second-order valence-corrected chi connectivity index (χ2v) is 12.3. The number of rotatable bonds is 2. The van der Waals surface area contributed by atoms with Crippen LogP contribution in [0, 0.1) is 0 Å². The molecule has 2 aromatic rings. The van der Waals surface area contributed by atoms with Crippen molar-refractivity contribution in [3.8, 4) is 11.5 Å². The average molecular weight is 331 g/mol. The summed E-state index contributed by atoms with van der Waals surface area (Å²) in [5, 5.41) is 9.18. The fraction of sp³-hybridized carbons (Fsp3) is 0.400. The molecule has 2 aromatic carbocycles. The van der Waals surface area contributed by atoms with Crippen LogP contribution in [0.5, 0.6) is 11.5 Å². The molecule has 2 rings (SSSR count). The highest BCUT2D eigenvalue weighted by Crippen LogP contribution is 2.42. The minimum absolute atomic E-state index is 0.272. The van der Waals surface area contributed by atoms with Crippen molar-refractivity contribution < 1.29 is 9.53 Å². The molecule has 0 atom stereocenters. The summed E-state index contributed by atoms with van der Waals surface area (Å²) in [5.74, 6) is 1.34. The number of phenolic OH excluding ortho intramolecular Hbond substituents is 1. The summed E-state index contributed by atoms with van der Waals surface area (Å²) in [5.41, 5.74) is 0. The first-order valence-electron chi connectivity index (χ1n) is 8.06. The van der Waals surface area contributed by atoms with Gasteiger partial charge in [0, 0.05) is 0 Å². The Morgan fingerprint density at radius 1 is 0.696 bits per heavy atom. The quantitative estimate of drug-likeness (QED) is 0.707. The maximum absolute atomic E-state index is 8.63. The van der Waals surface area contributed by atoms with Crippen LogP contribution in [0.4, 0.5) is 0 Å². The summed E-state index contributed by atoms with van der Waals surface area (Å²) in [6, 6.07) is 18.9. The van der Waals surface area contributed by atoms with E-state index in [2.05, 4.69) is 53.7 Å². The lowest BCUT2D eigenvalue weighted by atomic mass is 10.2. The molecule has 0 aromatic heterocycles. The SMILES string of the molecule is CC(C)(C)[SiH](Oc1ccccc1)C(C)(C)C.Oc1ccccc1. The Hall–Kier alpha value is -1.74. The third-order valence-electron chi connectivity index (χ3n) is 3.33. The van der Waals surface area contributed by atoms with E-state index in [0.717, 1.165) is 5.75 Å². The molecule has 0 saturated heterocycles. The molecule has 0 unspecified atom stereocenters. The minimum atomic E-state index is -1.34. The van der Waals surface area contributed by atoms with Crippen molar-refractivity contribution in [3.63, 3.8) is 0 Å². The number of para-hydroxylation sites is 2. The van der Waals surface area contributed by atoms with Crippen LogP contribution in [-0.2, 0) is 0 Å². The molecule has 0 bridgehead atoms. The molecule has 2 nitrogen and oxygen atoms in total. The van der Waals surface area contributed by atoms with Crippen molar-refractivity contribution in [2.75, 3.05) is 0 Å². The van der Waals surface area contributed by atoms with Crippen molar-refractivity contribution in [2.45, 2.75) is 51.6 Å². The average Bonchev–Trinajstić information content (AvgIpc) is 2.45. The van der Waals surface area contributed by atoms with E-state index in [1.807, 2.05) is 24.3 Å². The molecule has 0 fully saturated rings. The summed E-state index contributed by atoms with van der Waals surface area (Å²) < 4.78 is 6.28. The van der Waals surface area contributed by atoms with Gasteiger partial charge in [0.25, 0.3) is 0 Å². The monoisotopic (exact) mass is 330 g/mol. The Morgan fingerprint density at radius 3 is 1.39 bits per heavy atom. The zero-order chi connectivity index (χ0) is 17.5. The molecule has 0 radical (unpaired) electrons. The smallest absolute Gasteiger partial charge is 0.246 e. The van der Waals surface area contributed by atoms with Gasteiger partial charge in [0.15, 0.2) is 0 Å². The molecule has 0 aliphatic rings. The topological polar surface area (TPSA) is 29.5 Å². The van der Waals surface area contributed by atoms with Crippen molar-refractivity contribution in [2.24, 2.45) is 0 Å². The van der Waals surface area contributed by atoms with E-state index in [9.17, 15) is 0 Å². The lowest BCUT2D eigenvalue weighted by Crippen LogP contribution is -2.40. The van der Waals surface area contributed by atoms with Gasteiger partial charge in [-0.25, -0.2) is 0 Å². The molecule has 0 spiro atoms. The van der Waals surface area contributed by atoms with Crippen molar-refractivity contribution in [1.82, 2.24) is 0 Å². The second-order valence-electron chi connectivity index (χ2n) is 7.88. The number of hydrogen-bond acceptors (Lipinski definition) is 2. The molecular formula is C20H30O2Si. The Kier molecular flexibility index (Phi) is 6.89. The normalized spacial score (nSPS) is 11.6.